The highest BCUT2D eigenvalue weighted by atomic mass is 16.5. The molecule has 1 aromatic carbocycles. The van der Waals surface area contributed by atoms with E-state index in [-0.39, 0.29) is 17.4 Å². The molecular weight excluding hydrogens is 262 g/mol. The van der Waals surface area contributed by atoms with Crippen LogP contribution in [0.1, 0.15) is 38.8 Å². The van der Waals surface area contributed by atoms with Crippen molar-refractivity contribution in [1.29, 1.82) is 0 Å². The molecule has 21 heavy (non-hydrogen) atoms. The minimum atomic E-state index is -0.315. The molecule has 0 aliphatic carbocycles. The molecule has 1 amide bonds. The molecule has 0 bridgehead atoms. The Morgan fingerprint density at radius 3 is 2.71 bits per heavy atom. The Bertz CT molecular complexity index is 490. The molecule has 1 heterocycles. The van der Waals surface area contributed by atoms with Gasteiger partial charge in [-0.3, -0.25) is 4.79 Å². The van der Waals surface area contributed by atoms with E-state index in [1.807, 2.05) is 25.7 Å². The smallest absolute Gasteiger partial charge is 0.228 e. The zero-order chi connectivity index (χ0) is 15.5. The first-order valence-corrected chi connectivity index (χ1v) is 7.89. The number of morpholine rings is 1. The number of hydrogen-bond acceptors (Lipinski definition) is 2. The van der Waals surface area contributed by atoms with Gasteiger partial charge in [0.25, 0.3) is 0 Å². The van der Waals surface area contributed by atoms with E-state index in [9.17, 15) is 4.79 Å². The third-order valence-electron chi connectivity index (χ3n) is 3.93. The first-order chi connectivity index (χ1) is 9.90. The summed E-state index contributed by atoms with van der Waals surface area (Å²) in [7, 11) is 0. The molecule has 3 nitrogen and oxygen atoms in total. The number of aryl methyl sites for hydroxylation is 1. The average Bonchev–Trinajstić information content (AvgIpc) is 2.46. The van der Waals surface area contributed by atoms with Gasteiger partial charge in [-0.1, -0.05) is 52.0 Å². The van der Waals surface area contributed by atoms with Crippen molar-refractivity contribution in [1.82, 2.24) is 4.90 Å². The van der Waals surface area contributed by atoms with Gasteiger partial charge in [-0.05, 0) is 17.5 Å². The Labute approximate surface area is 128 Å². The predicted octanol–water partition coefficient (Wildman–Crippen LogP) is 3.07. The standard InChI is InChI=1S/C18H27NO2/c1-5-14-7-6-8-15(11-14)12-16-13-19(9-10-21-16)17(20)18(2,3)4/h6-8,11,16H,5,9-10,12-13H2,1-4H3. The Kier molecular flexibility index (Phi) is 5.04. The van der Waals surface area contributed by atoms with Gasteiger partial charge in [0.1, 0.15) is 0 Å². The maximum Gasteiger partial charge on any atom is 0.228 e. The lowest BCUT2D eigenvalue weighted by atomic mass is 9.94. The molecule has 1 fully saturated rings. The summed E-state index contributed by atoms with van der Waals surface area (Å²) in [4.78, 5) is 14.3. The van der Waals surface area contributed by atoms with Crippen LogP contribution < -0.4 is 0 Å². The van der Waals surface area contributed by atoms with E-state index in [2.05, 4.69) is 31.2 Å². The minimum Gasteiger partial charge on any atom is -0.374 e. The summed E-state index contributed by atoms with van der Waals surface area (Å²) in [5.41, 5.74) is 2.33. The highest BCUT2D eigenvalue weighted by Crippen LogP contribution is 2.21. The maximum absolute atomic E-state index is 12.4. The van der Waals surface area contributed by atoms with Crippen LogP contribution in [-0.2, 0) is 22.4 Å². The fraction of sp³-hybridized carbons (Fsp3) is 0.611. The summed E-state index contributed by atoms with van der Waals surface area (Å²) in [5.74, 6) is 0.220. The molecule has 0 saturated carbocycles. The molecule has 0 N–H and O–H groups in total. The Morgan fingerprint density at radius 2 is 2.05 bits per heavy atom. The fourth-order valence-corrected chi connectivity index (χ4v) is 2.74. The van der Waals surface area contributed by atoms with E-state index in [0.717, 1.165) is 12.8 Å². The number of ether oxygens (including phenoxy) is 1. The van der Waals surface area contributed by atoms with Crippen molar-refractivity contribution in [3.05, 3.63) is 35.4 Å². The Hall–Kier alpha value is -1.35. The summed E-state index contributed by atoms with van der Waals surface area (Å²) in [6.45, 7) is 10.1. The molecule has 116 valence electrons. The first kappa shape index (κ1) is 16.0. The van der Waals surface area contributed by atoms with Crippen molar-refractivity contribution in [3.63, 3.8) is 0 Å². The van der Waals surface area contributed by atoms with Crippen molar-refractivity contribution in [2.75, 3.05) is 19.7 Å². The summed E-state index contributed by atoms with van der Waals surface area (Å²) in [6, 6.07) is 8.65. The van der Waals surface area contributed by atoms with E-state index in [1.165, 1.54) is 11.1 Å². The van der Waals surface area contributed by atoms with Crippen LogP contribution in [0.15, 0.2) is 24.3 Å². The molecule has 0 aromatic heterocycles. The lowest BCUT2D eigenvalue weighted by molar-refractivity contribution is -0.147. The van der Waals surface area contributed by atoms with Gasteiger partial charge >= 0.3 is 0 Å². The van der Waals surface area contributed by atoms with Crippen LogP contribution in [0.4, 0.5) is 0 Å². The third-order valence-corrected chi connectivity index (χ3v) is 3.93. The van der Waals surface area contributed by atoms with E-state index < -0.39 is 0 Å². The summed E-state index contributed by atoms with van der Waals surface area (Å²) >= 11 is 0. The molecular formula is C18H27NO2. The van der Waals surface area contributed by atoms with E-state index >= 15 is 0 Å². The highest BCUT2D eigenvalue weighted by molar-refractivity contribution is 5.81. The normalized spacial score (nSPS) is 19.6. The van der Waals surface area contributed by atoms with Crippen LogP contribution >= 0.6 is 0 Å². The fourth-order valence-electron chi connectivity index (χ4n) is 2.74. The van der Waals surface area contributed by atoms with Crippen molar-refractivity contribution in [2.45, 2.75) is 46.6 Å². The van der Waals surface area contributed by atoms with Crippen molar-refractivity contribution in [2.24, 2.45) is 5.41 Å². The lowest BCUT2D eigenvalue weighted by Crippen LogP contribution is -2.49. The van der Waals surface area contributed by atoms with Crippen LogP contribution in [0, 0.1) is 5.41 Å². The van der Waals surface area contributed by atoms with Crippen LogP contribution in [-0.4, -0.2) is 36.6 Å². The first-order valence-electron chi connectivity index (χ1n) is 7.89. The second-order valence-corrected chi connectivity index (χ2v) is 6.87. The van der Waals surface area contributed by atoms with E-state index in [4.69, 9.17) is 4.74 Å². The quantitative estimate of drug-likeness (QED) is 0.856. The second-order valence-electron chi connectivity index (χ2n) is 6.87. The number of nitrogens with zero attached hydrogens (tertiary/aromatic N) is 1. The van der Waals surface area contributed by atoms with Gasteiger partial charge in [0.2, 0.25) is 5.91 Å². The van der Waals surface area contributed by atoms with Crippen molar-refractivity contribution < 1.29 is 9.53 Å². The van der Waals surface area contributed by atoms with Gasteiger partial charge in [-0.2, -0.15) is 0 Å². The van der Waals surface area contributed by atoms with Gasteiger partial charge < -0.3 is 9.64 Å². The van der Waals surface area contributed by atoms with Crippen LogP contribution in [0.2, 0.25) is 0 Å². The minimum absolute atomic E-state index is 0.108. The van der Waals surface area contributed by atoms with Crippen molar-refractivity contribution in [3.8, 4) is 0 Å². The van der Waals surface area contributed by atoms with Gasteiger partial charge in [-0.25, -0.2) is 0 Å². The monoisotopic (exact) mass is 289 g/mol. The molecule has 1 unspecified atom stereocenters. The number of amides is 1. The SMILES string of the molecule is CCc1cccc(CC2CN(C(=O)C(C)(C)C)CCO2)c1. The number of rotatable bonds is 3. The molecule has 2 rings (SSSR count). The van der Waals surface area contributed by atoms with Gasteiger partial charge in [0, 0.05) is 24.9 Å². The molecule has 1 saturated heterocycles. The number of hydrogen-bond donors (Lipinski definition) is 0. The topological polar surface area (TPSA) is 29.5 Å². The zero-order valence-electron chi connectivity index (χ0n) is 13.7. The molecule has 1 aliphatic heterocycles. The Balaban J connectivity index is 1.99. The van der Waals surface area contributed by atoms with Gasteiger partial charge in [0.05, 0.1) is 12.7 Å². The molecule has 0 radical (unpaired) electrons. The molecule has 0 spiro atoms. The molecule has 3 heteroatoms. The highest BCUT2D eigenvalue weighted by Gasteiger charge is 2.31. The average molecular weight is 289 g/mol. The maximum atomic E-state index is 12.4. The summed E-state index contributed by atoms with van der Waals surface area (Å²) in [5, 5.41) is 0. The van der Waals surface area contributed by atoms with E-state index in [0.29, 0.717) is 19.7 Å². The molecule has 1 aromatic rings. The van der Waals surface area contributed by atoms with Crippen molar-refractivity contribution >= 4 is 5.91 Å². The van der Waals surface area contributed by atoms with Gasteiger partial charge in [-0.15, -0.1) is 0 Å². The molecule has 1 atom stereocenters. The summed E-state index contributed by atoms with van der Waals surface area (Å²) in [6.07, 6.45) is 2.03. The van der Waals surface area contributed by atoms with E-state index in [1.54, 1.807) is 0 Å². The van der Waals surface area contributed by atoms with Gasteiger partial charge in [0.15, 0.2) is 0 Å². The second kappa shape index (κ2) is 6.61. The largest absolute Gasteiger partial charge is 0.374 e. The predicted molar refractivity (Wildman–Crippen MR) is 85.3 cm³/mol. The lowest BCUT2D eigenvalue weighted by Gasteiger charge is -2.36. The zero-order valence-corrected chi connectivity index (χ0v) is 13.7. The Morgan fingerprint density at radius 1 is 1.33 bits per heavy atom. The van der Waals surface area contributed by atoms with Crippen LogP contribution in [0.3, 0.4) is 0 Å². The number of carbonyl (C=O) groups excluding carboxylic acids is 1. The van der Waals surface area contributed by atoms with Crippen LogP contribution in [0.25, 0.3) is 0 Å². The molecule has 1 aliphatic rings. The summed E-state index contributed by atoms with van der Waals surface area (Å²) < 4.78 is 5.85. The number of benzene rings is 1. The third kappa shape index (κ3) is 4.31. The van der Waals surface area contributed by atoms with Crippen LogP contribution in [0.5, 0.6) is 0 Å². The number of carbonyl (C=O) groups is 1.